The predicted molar refractivity (Wildman–Crippen MR) is 93.3 cm³/mol. The Labute approximate surface area is 151 Å². The van der Waals surface area contributed by atoms with Crippen LogP contribution >= 0.6 is 0 Å². The van der Waals surface area contributed by atoms with E-state index in [1.54, 1.807) is 6.07 Å². The summed E-state index contributed by atoms with van der Waals surface area (Å²) in [5.41, 5.74) is -0.828. The largest absolute Gasteiger partial charge is 0.418 e. The molecule has 3 aromatic rings. The van der Waals surface area contributed by atoms with Crippen LogP contribution in [0, 0.1) is 5.82 Å². The molecule has 2 aromatic carbocycles. The molecule has 3 rings (SSSR count). The van der Waals surface area contributed by atoms with Gasteiger partial charge in [-0.25, -0.2) is 9.37 Å². The van der Waals surface area contributed by atoms with Gasteiger partial charge in [-0.1, -0.05) is 24.3 Å². The van der Waals surface area contributed by atoms with Gasteiger partial charge in [-0.05, 0) is 36.4 Å². The van der Waals surface area contributed by atoms with Crippen molar-refractivity contribution in [1.82, 2.24) is 4.98 Å². The van der Waals surface area contributed by atoms with Crippen LogP contribution in [0.5, 0.6) is 0 Å². The Morgan fingerprint density at radius 1 is 0.889 bits per heavy atom. The van der Waals surface area contributed by atoms with Crippen LogP contribution in [0.4, 0.5) is 34.8 Å². The number of carbonyl (C=O) groups is 1. The van der Waals surface area contributed by atoms with E-state index >= 15 is 0 Å². The Kier molecular flexibility index (Phi) is 5.07. The first-order valence-corrected chi connectivity index (χ1v) is 7.80. The van der Waals surface area contributed by atoms with Crippen molar-refractivity contribution in [3.63, 3.8) is 0 Å². The normalized spacial score (nSPS) is 11.1. The van der Waals surface area contributed by atoms with Crippen molar-refractivity contribution >= 4 is 23.1 Å². The molecule has 138 valence electrons. The number of anilines is 3. The fourth-order valence-corrected chi connectivity index (χ4v) is 2.34. The van der Waals surface area contributed by atoms with Crippen molar-refractivity contribution in [2.24, 2.45) is 0 Å². The summed E-state index contributed by atoms with van der Waals surface area (Å²) in [7, 11) is 0. The zero-order valence-electron chi connectivity index (χ0n) is 13.7. The maximum absolute atomic E-state index is 13.6. The summed E-state index contributed by atoms with van der Waals surface area (Å²) in [6.45, 7) is 0. The fourth-order valence-electron chi connectivity index (χ4n) is 2.34. The summed E-state index contributed by atoms with van der Waals surface area (Å²) in [6, 6.07) is 13.4. The molecule has 2 N–H and O–H groups in total. The van der Waals surface area contributed by atoms with Gasteiger partial charge in [-0.15, -0.1) is 0 Å². The Morgan fingerprint density at radius 2 is 1.56 bits per heavy atom. The number of pyridine rings is 1. The van der Waals surface area contributed by atoms with Crippen molar-refractivity contribution in [2.45, 2.75) is 6.18 Å². The Balaban J connectivity index is 1.75. The highest BCUT2D eigenvalue weighted by molar-refractivity contribution is 6.04. The number of aromatic nitrogens is 1. The number of rotatable bonds is 4. The van der Waals surface area contributed by atoms with Crippen LogP contribution in [-0.2, 0) is 6.18 Å². The summed E-state index contributed by atoms with van der Waals surface area (Å²) in [5, 5.41) is 4.98. The molecule has 1 amide bonds. The molecule has 0 saturated carbocycles. The second-order valence-electron chi connectivity index (χ2n) is 5.53. The average molecular weight is 375 g/mol. The molecule has 0 unspecified atom stereocenters. The van der Waals surface area contributed by atoms with Gasteiger partial charge in [0.1, 0.15) is 11.6 Å². The molecular formula is C19H13F4N3O. The summed E-state index contributed by atoms with van der Waals surface area (Å²) in [4.78, 5) is 16.1. The Morgan fingerprint density at radius 3 is 2.19 bits per heavy atom. The molecule has 0 aliphatic carbocycles. The number of para-hydroxylation sites is 2. The van der Waals surface area contributed by atoms with Crippen LogP contribution in [0.25, 0.3) is 0 Å². The first kappa shape index (κ1) is 18.4. The number of alkyl halides is 3. The molecule has 8 heteroatoms. The van der Waals surface area contributed by atoms with Crippen molar-refractivity contribution in [3.05, 3.63) is 83.8 Å². The van der Waals surface area contributed by atoms with E-state index in [0.29, 0.717) is 0 Å². The third-order valence-corrected chi connectivity index (χ3v) is 3.64. The number of hydrogen-bond acceptors (Lipinski definition) is 3. The fraction of sp³-hybridized carbons (Fsp3) is 0.0526. The number of benzene rings is 2. The number of halogens is 4. The van der Waals surface area contributed by atoms with Crippen LogP contribution in [-0.4, -0.2) is 10.9 Å². The minimum Gasteiger partial charge on any atom is -0.340 e. The molecule has 0 spiro atoms. The van der Waals surface area contributed by atoms with Gasteiger partial charge in [-0.2, -0.15) is 13.2 Å². The molecule has 0 aliphatic rings. The standard InChI is InChI=1S/C19H13F4N3O/c20-14-6-2-4-8-16(14)26-18(27)12-9-10-17(24-11-12)25-15-7-3-1-5-13(15)19(21,22)23/h1-11H,(H,24,25)(H,26,27). The van der Waals surface area contributed by atoms with Crippen LogP contribution in [0.15, 0.2) is 66.9 Å². The maximum Gasteiger partial charge on any atom is 0.418 e. The first-order chi connectivity index (χ1) is 12.8. The second kappa shape index (κ2) is 7.45. The molecule has 0 radical (unpaired) electrons. The minimum absolute atomic E-state index is 0.0174. The van der Waals surface area contributed by atoms with Gasteiger partial charge in [0.25, 0.3) is 5.91 Å². The summed E-state index contributed by atoms with van der Waals surface area (Å²) in [5.74, 6) is -1.04. The van der Waals surface area contributed by atoms with E-state index in [9.17, 15) is 22.4 Å². The zero-order valence-corrected chi connectivity index (χ0v) is 13.7. The van der Waals surface area contributed by atoms with Crippen molar-refractivity contribution < 1.29 is 22.4 Å². The number of nitrogens with zero attached hydrogens (tertiary/aromatic N) is 1. The third-order valence-electron chi connectivity index (χ3n) is 3.64. The summed E-state index contributed by atoms with van der Waals surface area (Å²) in [6.07, 6.45) is -3.32. The van der Waals surface area contributed by atoms with Gasteiger partial charge in [0.15, 0.2) is 0 Å². The Hall–Kier alpha value is -3.42. The van der Waals surface area contributed by atoms with E-state index in [-0.39, 0.29) is 22.8 Å². The van der Waals surface area contributed by atoms with Gasteiger partial charge >= 0.3 is 6.18 Å². The van der Waals surface area contributed by atoms with E-state index < -0.39 is 23.5 Å². The van der Waals surface area contributed by atoms with Crippen LogP contribution in [0.3, 0.4) is 0 Å². The molecule has 1 aromatic heterocycles. The highest BCUT2D eigenvalue weighted by Gasteiger charge is 2.33. The number of hydrogen-bond donors (Lipinski definition) is 2. The molecule has 0 bridgehead atoms. The van der Waals surface area contributed by atoms with Gasteiger partial charge in [0.05, 0.1) is 22.5 Å². The van der Waals surface area contributed by atoms with E-state index in [0.717, 1.165) is 6.07 Å². The average Bonchev–Trinajstić information content (AvgIpc) is 2.64. The van der Waals surface area contributed by atoms with Gasteiger partial charge in [0, 0.05) is 6.20 Å². The lowest BCUT2D eigenvalue weighted by molar-refractivity contribution is -0.136. The quantitative estimate of drug-likeness (QED) is 0.614. The summed E-state index contributed by atoms with van der Waals surface area (Å²) < 4.78 is 52.6. The second-order valence-corrected chi connectivity index (χ2v) is 5.53. The Bertz CT molecular complexity index is 956. The minimum atomic E-state index is -4.51. The lowest BCUT2D eigenvalue weighted by Gasteiger charge is -2.14. The lowest BCUT2D eigenvalue weighted by Crippen LogP contribution is -2.13. The highest BCUT2D eigenvalue weighted by Crippen LogP contribution is 2.35. The molecule has 0 atom stereocenters. The molecule has 4 nitrogen and oxygen atoms in total. The molecule has 1 heterocycles. The molecular weight excluding hydrogens is 362 g/mol. The third kappa shape index (κ3) is 4.41. The van der Waals surface area contributed by atoms with Gasteiger partial charge in [0.2, 0.25) is 0 Å². The first-order valence-electron chi connectivity index (χ1n) is 7.80. The lowest BCUT2D eigenvalue weighted by atomic mass is 10.1. The van der Waals surface area contributed by atoms with E-state index in [1.165, 1.54) is 54.7 Å². The van der Waals surface area contributed by atoms with E-state index in [4.69, 9.17) is 0 Å². The van der Waals surface area contributed by atoms with Crippen LogP contribution in [0.1, 0.15) is 15.9 Å². The van der Waals surface area contributed by atoms with Crippen LogP contribution in [0.2, 0.25) is 0 Å². The molecule has 0 fully saturated rings. The topological polar surface area (TPSA) is 54.0 Å². The van der Waals surface area contributed by atoms with E-state index in [1.807, 2.05) is 0 Å². The van der Waals surface area contributed by atoms with Crippen LogP contribution < -0.4 is 10.6 Å². The molecule has 0 saturated heterocycles. The SMILES string of the molecule is O=C(Nc1ccccc1F)c1ccc(Nc2ccccc2C(F)(F)F)nc1. The number of nitrogens with one attached hydrogen (secondary N) is 2. The smallest absolute Gasteiger partial charge is 0.340 e. The molecule has 27 heavy (non-hydrogen) atoms. The molecule has 0 aliphatic heterocycles. The van der Waals surface area contributed by atoms with Crippen molar-refractivity contribution in [3.8, 4) is 0 Å². The van der Waals surface area contributed by atoms with Gasteiger partial charge in [-0.3, -0.25) is 4.79 Å². The van der Waals surface area contributed by atoms with Gasteiger partial charge < -0.3 is 10.6 Å². The van der Waals surface area contributed by atoms with Crippen molar-refractivity contribution in [2.75, 3.05) is 10.6 Å². The van der Waals surface area contributed by atoms with E-state index in [2.05, 4.69) is 15.6 Å². The van der Waals surface area contributed by atoms with Crippen molar-refractivity contribution in [1.29, 1.82) is 0 Å². The number of carbonyl (C=O) groups excluding carboxylic acids is 1. The highest BCUT2D eigenvalue weighted by atomic mass is 19.4. The zero-order chi connectivity index (χ0) is 19.4. The summed E-state index contributed by atoms with van der Waals surface area (Å²) >= 11 is 0. The maximum atomic E-state index is 13.6. The predicted octanol–water partition coefficient (Wildman–Crippen LogP) is 5.24. The number of amides is 1. The monoisotopic (exact) mass is 375 g/mol.